The molecular weight excluding hydrogens is 589 g/mol. The molecule has 2 aromatic heterocycles. The summed E-state index contributed by atoms with van der Waals surface area (Å²) in [6.07, 6.45) is 0.0766. The van der Waals surface area contributed by atoms with Crippen LogP contribution < -0.4 is 15.5 Å². The topological polar surface area (TPSA) is 121 Å². The van der Waals surface area contributed by atoms with Crippen LogP contribution in [0.3, 0.4) is 0 Å². The van der Waals surface area contributed by atoms with Crippen LogP contribution in [-0.2, 0) is 4.74 Å². The predicted molar refractivity (Wildman–Crippen MR) is 168 cm³/mol. The summed E-state index contributed by atoms with van der Waals surface area (Å²) in [6.45, 7) is 14.6. The van der Waals surface area contributed by atoms with Crippen molar-refractivity contribution in [3.05, 3.63) is 52.4 Å². The Morgan fingerprint density at radius 1 is 1.07 bits per heavy atom. The summed E-state index contributed by atoms with van der Waals surface area (Å²) in [5.41, 5.74) is -0.0545. The van der Waals surface area contributed by atoms with Crippen molar-refractivity contribution >= 4 is 47.0 Å². The highest BCUT2D eigenvalue weighted by molar-refractivity contribution is 6.30. The zero-order chi connectivity index (χ0) is 31.6. The fourth-order valence-corrected chi connectivity index (χ4v) is 5.41. The number of nitrogens with one attached hydrogen (secondary N) is 2. The van der Waals surface area contributed by atoms with Gasteiger partial charge in [-0.25, -0.2) is 9.18 Å². The standard InChI is InChI=1S/C30H39ClFN9O3/c1-6-38-11-13-39(14-12-38)26-17-24(34-25-15-19(2)41(37-25)29(43)44-30(3,4)5)35-28(36-26)33-21-9-10-40(18-21)27(42)22-8-7-20(31)16-23(22)32/h7-8,15-17,21H,6,9-14,18H2,1-5H3,(H2,33,34,35,36,37)/t21-/m0/s1. The number of piperazine rings is 1. The molecule has 4 heterocycles. The van der Waals surface area contributed by atoms with Gasteiger partial charge in [-0.2, -0.15) is 14.6 Å². The molecule has 5 rings (SSSR count). The molecule has 1 aromatic carbocycles. The van der Waals surface area contributed by atoms with E-state index in [9.17, 15) is 14.0 Å². The first-order valence-electron chi connectivity index (χ1n) is 14.8. The summed E-state index contributed by atoms with van der Waals surface area (Å²) < 4.78 is 21.1. The Kier molecular flexibility index (Phi) is 9.26. The molecule has 44 heavy (non-hydrogen) atoms. The molecule has 0 bridgehead atoms. The minimum atomic E-state index is -0.656. The van der Waals surface area contributed by atoms with Crippen LogP contribution in [0.25, 0.3) is 0 Å². The number of aryl methyl sites for hydroxylation is 1. The molecular formula is C30H39ClFN9O3. The maximum absolute atomic E-state index is 14.4. The van der Waals surface area contributed by atoms with Gasteiger partial charge in [0.2, 0.25) is 5.95 Å². The Balaban J connectivity index is 1.34. The van der Waals surface area contributed by atoms with Gasteiger partial charge in [0.1, 0.15) is 23.1 Å². The number of carbonyl (C=O) groups is 2. The number of amides is 1. The van der Waals surface area contributed by atoms with Gasteiger partial charge in [-0.3, -0.25) is 4.79 Å². The van der Waals surface area contributed by atoms with Crippen LogP contribution in [0.5, 0.6) is 0 Å². The maximum atomic E-state index is 14.4. The van der Waals surface area contributed by atoms with Gasteiger partial charge < -0.3 is 30.1 Å². The van der Waals surface area contributed by atoms with Crippen LogP contribution in [0.4, 0.5) is 32.6 Å². The van der Waals surface area contributed by atoms with E-state index in [-0.39, 0.29) is 22.5 Å². The predicted octanol–water partition coefficient (Wildman–Crippen LogP) is 4.77. The van der Waals surface area contributed by atoms with E-state index < -0.39 is 17.5 Å². The number of benzene rings is 1. The number of anilines is 4. The van der Waals surface area contributed by atoms with Gasteiger partial charge in [0, 0.05) is 68.2 Å². The molecule has 0 spiro atoms. The largest absolute Gasteiger partial charge is 0.442 e. The van der Waals surface area contributed by atoms with Gasteiger partial charge >= 0.3 is 6.09 Å². The van der Waals surface area contributed by atoms with Crippen molar-refractivity contribution in [2.75, 3.05) is 61.3 Å². The van der Waals surface area contributed by atoms with Crippen molar-refractivity contribution < 1.29 is 18.7 Å². The first-order valence-corrected chi connectivity index (χ1v) is 15.2. The molecule has 236 valence electrons. The summed E-state index contributed by atoms with van der Waals surface area (Å²) in [7, 11) is 0. The molecule has 0 unspecified atom stereocenters. The third-order valence-corrected chi connectivity index (χ3v) is 7.77. The molecule has 2 N–H and O–H groups in total. The second kappa shape index (κ2) is 12.9. The maximum Gasteiger partial charge on any atom is 0.435 e. The molecule has 1 atom stereocenters. The molecule has 0 aliphatic carbocycles. The molecule has 1 amide bonds. The third kappa shape index (κ3) is 7.56. The van der Waals surface area contributed by atoms with Crippen molar-refractivity contribution in [3.63, 3.8) is 0 Å². The van der Waals surface area contributed by atoms with Crippen molar-refractivity contribution in [2.24, 2.45) is 0 Å². The number of carbonyl (C=O) groups excluding carboxylic acids is 2. The number of hydrogen-bond acceptors (Lipinski definition) is 10. The Labute approximate surface area is 261 Å². The number of likely N-dealkylation sites (tertiary alicyclic amines) is 1. The number of nitrogens with zero attached hydrogens (tertiary/aromatic N) is 7. The van der Waals surface area contributed by atoms with Crippen LogP contribution >= 0.6 is 11.6 Å². The lowest BCUT2D eigenvalue weighted by atomic mass is 10.2. The average Bonchev–Trinajstić information content (AvgIpc) is 3.58. The minimum absolute atomic E-state index is 0.00730. The van der Waals surface area contributed by atoms with Crippen molar-refractivity contribution in [1.29, 1.82) is 0 Å². The van der Waals surface area contributed by atoms with E-state index in [1.165, 1.54) is 16.8 Å². The number of hydrogen-bond donors (Lipinski definition) is 2. The van der Waals surface area contributed by atoms with Gasteiger partial charge in [-0.1, -0.05) is 18.5 Å². The van der Waals surface area contributed by atoms with E-state index in [0.717, 1.165) is 44.6 Å². The van der Waals surface area contributed by atoms with E-state index in [2.05, 4.69) is 32.5 Å². The van der Waals surface area contributed by atoms with Crippen LogP contribution in [0, 0.1) is 12.7 Å². The van der Waals surface area contributed by atoms with Crippen molar-refractivity contribution in [3.8, 4) is 0 Å². The fourth-order valence-electron chi connectivity index (χ4n) is 5.25. The van der Waals surface area contributed by atoms with E-state index >= 15 is 0 Å². The van der Waals surface area contributed by atoms with Crippen LogP contribution in [0.2, 0.25) is 5.02 Å². The number of ether oxygens (including phenoxy) is 1. The van der Waals surface area contributed by atoms with E-state index in [1.807, 2.05) is 6.07 Å². The lowest BCUT2D eigenvalue weighted by Crippen LogP contribution is -2.46. The summed E-state index contributed by atoms with van der Waals surface area (Å²) in [4.78, 5) is 41.4. The number of rotatable bonds is 7. The third-order valence-electron chi connectivity index (χ3n) is 7.54. The summed E-state index contributed by atoms with van der Waals surface area (Å²) in [5, 5.41) is 11.2. The van der Waals surface area contributed by atoms with Gasteiger partial charge in [0.25, 0.3) is 5.91 Å². The quantitative estimate of drug-likeness (QED) is 0.379. The zero-order valence-electron chi connectivity index (χ0n) is 25.7. The Morgan fingerprint density at radius 3 is 2.50 bits per heavy atom. The molecule has 3 aromatic rings. The van der Waals surface area contributed by atoms with Crippen LogP contribution in [0.15, 0.2) is 30.3 Å². The highest BCUT2D eigenvalue weighted by Crippen LogP contribution is 2.25. The Hall–Kier alpha value is -3.97. The summed E-state index contributed by atoms with van der Waals surface area (Å²) in [5.74, 6) is 1.05. The first-order chi connectivity index (χ1) is 20.9. The van der Waals surface area contributed by atoms with Crippen molar-refractivity contribution in [1.82, 2.24) is 29.5 Å². The SMILES string of the molecule is CCN1CCN(c2cc(Nc3cc(C)n(C(=O)OC(C)(C)C)n3)nc(N[C@H]3CCN(C(=O)c4ccc(Cl)cc4F)C3)n2)CC1. The van der Waals surface area contributed by atoms with Crippen molar-refractivity contribution in [2.45, 2.75) is 52.7 Å². The van der Waals surface area contributed by atoms with Crippen LogP contribution in [-0.4, -0.2) is 99.0 Å². The number of halogens is 2. The summed E-state index contributed by atoms with van der Waals surface area (Å²) >= 11 is 5.86. The van der Waals surface area contributed by atoms with Gasteiger partial charge in [0.05, 0.1) is 5.56 Å². The molecule has 2 fully saturated rings. The first kappa shape index (κ1) is 31.5. The van der Waals surface area contributed by atoms with Gasteiger partial charge in [-0.15, -0.1) is 5.10 Å². The fraction of sp³-hybridized carbons (Fsp3) is 0.500. The highest BCUT2D eigenvalue weighted by Gasteiger charge is 2.29. The van der Waals surface area contributed by atoms with Crippen LogP contribution in [0.1, 0.15) is 50.2 Å². The van der Waals surface area contributed by atoms with E-state index in [4.69, 9.17) is 26.3 Å². The van der Waals surface area contributed by atoms with E-state index in [1.54, 1.807) is 38.7 Å². The average molecular weight is 628 g/mol. The molecule has 2 saturated heterocycles. The molecule has 2 aliphatic heterocycles. The monoisotopic (exact) mass is 627 g/mol. The minimum Gasteiger partial charge on any atom is -0.442 e. The molecule has 0 radical (unpaired) electrons. The number of aromatic nitrogens is 4. The lowest BCUT2D eigenvalue weighted by Gasteiger charge is -2.35. The number of likely N-dealkylation sites (N-methyl/N-ethyl adjacent to an activating group) is 1. The second-order valence-electron chi connectivity index (χ2n) is 12.0. The highest BCUT2D eigenvalue weighted by atomic mass is 35.5. The second-order valence-corrected chi connectivity index (χ2v) is 12.5. The van der Waals surface area contributed by atoms with E-state index in [0.29, 0.717) is 42.8 Å². The Morgan fingerprint density at radius 2 is 1.82 bits per heavy atom. The molecule has 12 nitrogen and oxygen atoms in total. The summed E-state index contributed by atoms with van der Waals surface area (Å²) in [6, 6.07) is 7.54. The molecule has 0 saturated carbocycles. The molecule has 2 aliphatic rings. The molecule has 14 heteroatoms. The smallest absolute Gasteiger partial charge is 0.435 e. The lowest BCUT2D eigenvalue weighted by molar-refractivity contribution is 0.0511. The van der Waals surface area contributed by atoms with Gasteiger partial charge in [-0.05, 0) is 58.9 Å². The zero-order valence-corrected chi connectivity index (χ0v) is 26.5. The Bertz CT molecular complexity index is 1520. The normalized spacial score (nSPS) is 17.6. The van der Waals surface area contributed by atoms with Gasteiger partial charge in [0.15, 0.2) is 5.82 Å².